The van der Waals surface area contributed by atoms with E-state index in [0.29, 0.717) is 22.6 Å². The average Bonchev–Trinajstić information content (AvgIpc) is 3.29. The van der Waals surface area contributed by atoms with Gasteiger partial charge in [-0.05, 0) is 55.0 Å². The highest BCUT2D eigenvalue weighted by Gasteiger charge is 2.28. The van der Waals surface area contributed by atoms with Gasteiger partial charge in [0, 0.05) is 35.8 Å². The summed E-state index contributed by atoms with van der Waals surface area (Å²) >= 11 is 0. The number of rotatable bonds is 4. The maximum atomic E-state index is 12.9. The summed E-state index contributed by atoms with van der Waals surface area (Å²) < 4.78 is 18.7. The first kappa shape index (κ1) is 20.6. The zero-order valence-corrected chi connectivity index (χ0v) is 18.4. The summed E-state index contributed by atoms with van der Waals surface area (Å²) in [4.78, 5) is 25.5. The fourth-order valence-corrected chi connectivity index (χ4v) is 3.98. The van der Waals surface area contributed by atoms with Crippen LogP contribution in [-0.2, 0) is 7.05 Å². The number of ether oxygens (including phenoxy) is 3. The van der Waals surface area contributed by atoms with Crippen LogP contribution in [0.2, 0.25) is 0 Å². The number of allylic oxidation sites excluding steroid dienone is 1. The second-order valence-corrected chi connectivity index (χ2v) is 7.88. The minimum Gasteiger partial charge on any atom is -0.497 e. The minimum atomic E-state index is -0.460. The smallest absolute Gasteiger partial charge is 0.343 e. The number of benzene rings is 3. The summed E-state index contributed by atoms with van der Waals surface area (Å²) in [6.45, 7) is 1.85. The third-order valence-electron chi connectivity index (χ3n) is 5.73. The molecule has 0 spiro atoms. The molecule has 0 unspecified atom stereocenters. The molecule has 1 aliphatic heterocycles. The van der Waals surface area contributed by atoms with Crippen LogP contribution in [0.5, 0.6) is 17.2 Å². The van der Waals surface area contributed by atoms with Crippen LogP contribution in [0.25, 0.3) is 17.0 Å². The average molecular weight is 439 g/mol. The fraction of sp³-hybridized carbons (Fsp3) is 0.111. The number of aromatic nitrogens is 1. The minimum absolute atomic E-state index is 0.211. The largest absolute Gasteiger partial charge is 0.497 e. The van der Waals surface area contributed by atoms with Crippen molar-refractivity contribution < 1.29 is 23.8 Å². The van der Waals surface area contributed by atoms with Crippen molar-refractivity contribution in [1.82, 2.24) is 4.57 Å². The molecule has 0 saturated heterocycles. The molecule has 0 saturated carbocycles. The molecule has 3 aromatic carbocycles. The molecule has 0 atom stereocenters. The number of ketones is 1. The van der Waals surface area contributed by atoms with Crippen molar-refractivity contribution >= 4 is 28.7 Å². The van der Waals surface area contributed by atoms with E-state index in [1.807, 2.05) is 55.1 Å². The van der Waals surface area contributed by atoms with E-state index in [-0.39, 0.29) is 11.5 Å². The Morgan fingerprint density at radius 2 is 1.82 bits per heavy atom. The van der Waals surface area contributed by atoms with E-state index in [1.54, 1.807) is 43.5 Å². The molecule has 2 heterocycles. The summed E-state index contributed by atoms with van der Waals surface area (Å²) in [6.07, 6.45) is 3.66. The number of nitrogens with zero attached hydrogens (tertiary/aromatic N) is 1. The molecule has 0 bridgehead atoms. The second-order valence-electron chi connectivity index (χ2n) is 7.88. The summed E-state index contributed by atoms with van der Waals surface area (Å²) in [5.41, 5.74) is 3.59. The lowest BCUT2D eigenvalue weighted by atomic mass is 10.1. The number of Topliss-reactive ketones (excluding diaryl/α,β-unsaturated/α-hetero) is 1. The lowest BCUT2D eigenvalue weighted by Crippen LogP contribution is -2.10. The van der Waals surface area contributed by atoms with Crippen LogP contribution in [0.4, 0.5) is 0 Å². The van der Waals surface area contributed by atoms with Crippen molar-refractivity contribution in [1.29, 1.82) is 0 Å². The predicted molar refractivity (Wildman–Crippen MR) is 125 cm³/mol. The number of esters is 1. The number of carbonyl (C=O) groups excluding carboxylic acids is 2. The summed E-state index contributed by atoms with van der Waals surface area (Å²) in [5, 5.41) is 0.949. The lowest BCUT2D eigenvalue weighted by Gasteiger charge is -2.07. The number of aryl methyl sites for hydroxylation is 2. The van der Waals surface area contributed by atoms with Crippen molar-refractivity contribution in [2.24, 2.45) is 7.05 Å². The molecule has 1 aromatic heterocycles. The Morgan fingerprint density at radius 3 is 2.61 bits per heavy atom. The summed E-state index contributed by atoms with van der Waals surface area (Å²) in [6, 6.07) is 17.8. The van der Waals surface area contributed by atoms with Gasteiger partial charge in [-0.25, -0.2) is 4.79 Å². The van der Waals surface area contributed by atoms with Crippen LogP contribution >= 0.6 is 0 Å². The summed E-state index contributed by atoms with van der Waals surface area (Å²) in [5.74, 6) is 0.933. The number of methoxy groups -OCH3 is 1. The van der Waals surface area contributed by atoms with Crippen molar-refractivity contribution in [2.75, 3.05) is 7.11 Å². The molecule has 6 nitrogen and oxygen atoms in total. The highest BCUT2D eigenvalue weighted by atomic mass is 16.5. The molecule has 5 rings (SSSR count). The van der Waals surface area contributed by atoms with Crippen LogP contribution in [0.3, 0.4) is 0 Å². The van der Waals surface area contributed by atoms with Gasteiger partial charge < -0.3 is 18.8 Å². The molecule has 0 aliphatic carbocycles. The number of hydrogen-bond donors (Lipinski definition) is 0. The standard InChI is InChI=1S/C27H21NO5/c1-16-6-4-5-7-20(16)27(30)32-19-8-10-21-24(14-19)33-25(26(21)29)12-17-15-28(2)23-11-9-18(31-3)13-22(17)23/h4-15H,1-3H3/b25-12+. The number of fused-ring (bicyclic) bond motifs is 2. The molecule has 1 aliphatic rings. The first-order chi connectivity index (χ1) is 15.9. The van der Waals surface area contributed by atoms with E-state index in [2.05, 4.69) is 0 Å². The highest BCUT2D eigenvalue weighted by Crippen LogP contribution is 2.36. The predicted octanol–water partition coefficient (Wildman–Crippen LogP) is 5.33. The van der Waals surface area contributed by atoms with E-state index in [0.717, 1.165) is 27.8 Å². The van der Waals surface area contributed by atoms with Gasteiger partial charge in [-0.1, -0.05) is 18.2 Å². The molecule has 0 N–H and O–H groups in total. The van der Waals surface area contributed by atoms with Crippen molar-refractivity contribution in [3.8, 4) is 17.2 Å². The van der Waals surface area contributed by atoms with Crippen LogP contribution < -0.4 is 14.2 Å². The zero-order chi connectivity index (χ0) is 23.1. The Labute approximate surface area is 190 Å². The first-order valence-electron chi connectivity index (χ1n) is 10.4. The van der Waals surface area contributed by atoms with Crippen molar-refractivity contribution in [3.63, 3.8) is 0 Å². The molecule has 6 heteroatoms. The van der Waals surface area contributed by atoms with E-state index >= 15 is 0 Å². The van der Waals surface area contributed by atoms with Crippen LogP contribution in [0.15, 0.2) is 72.6 Å². The van der Waals surface area contributed by atoms with E-state index in [4.69, 9.17) is 14.2 Å². The third kappa shape index (κ3) is 3.65. The monoisotopic (exact) mass is 439 g/mol. The number of carbonyl (C=O) groups is 2. The maximum Gasteiger partial charge on any atom is 0.343 e. The van der Waals surface area contributed by atoms with Crippen LogP contribution in [0.1, 0.15) is 31.8 Å². The topological polar surface area (TPSA) is 66.8 Å². The molecule has 0 amide bonds. The molecule has 33 heavy (non-hydrogen) atoms. The molecule has 0 fully saturated rings. The molecule has 4 aromatic rings. The van der Waals surface area contributed by atoms with Gasteiger partial charge in [-0.2, -0.15) is 0 Å². The maximum absolute atomic E-state index is 12.9. The number of hydrogen-bond acceptors (Lipinski definition) is 5. The normalized spacial score (nSPS) is 13.8. The Balaban J connectivity index is 1.44. The Kier molecular flexibility index (Phi) is 4.98. The SMILES string of the molecule is COc1ccc2c(c1)c(/C=C1/Oc3cc(OC(=O)c4ccccc4C)ccc3C1=O)cn2C. The van der Waals surface area contributed by atoms with E-state index in [9.17, 15) is 9.59 Å². The van der Waals surface area contributed by atoms with Gasteiger partial charge in [-0.3, -0.25) is 4.79 Å². The van der Waals surface area contributed by atoms with Gasteiger partial charge in [0.25, 0.3) is 0 Å². The van der Waals surface area contributed by atoms with E-state index in [1.165, 1.54) is 0 Å². The van der Waals surface area contributed by atoms with Crippen LogP contribution in [0, 0.1) is 6.92 Å². The second kappa shape index (κ2) is 7.98. The molecule has 0 radical (unpaired) electrons. The van der Waals surface area contributed by atoms with Crippen molar-refractivity contribution in [2.45, 2.75) is 6.92 Å². The van der Waals surface area contributed by atoms with Gasteiger partial charge >= 0.3 is 5.97 Å². The Bertz CT molecular complexity index is 1460. The first-order valence-corrected chi connectivity index (χ1v) is 10.4. The molecule has 164 valence electrons. The van der Waals surface area contributed by atoms with Crippen LogP contribution in [-0.4, -0.2) is 23.4 Å². The van der Waals surface area contributed by atoms with E-state index < -0.39 is 5.97 Å². The molecular formula is C27H21NO5. The van der Waals surface area contributed by atoms with Gasteiger partial charge in [0.15, 0.2) is 5.76 Å². The van der Waals surface area contributed by atoms with Gasteiger partial charge in [-0.15, -0.1) is 0 Å². The highest BCUT2D eigenvalue weighted by molar-refractivity contribution is 6.15. The quantitative estimate of drug-likeness (QED) is 0.244. The Hall–Kier alpha value is -4.32. The van der Waals surface area contributed by atoms with Gasteiger partial charge in [0.1, 0.15) is 17.2 Å². The van der Waals surface area contributed by atoms with Crippen molar-refractivity contribution in [3.05, 3.63) is 94.9 Å². The van der Waals surface area contributed by atoms with Gasteiger partial charge in [0.2, 0.25) is 5.78 Å². The fourth-order valence-electron chi connectivity index (χ4n) is 3.98. The summed E-state index contributed by atoms with van der Waals surface area (Å²) in [7, 11) is 3.56. The zero-order valence-electron chi connectivity index (χ0n) is 18.4. The third-order valence-corrected chi connectivity index (χ3v) is 5.73. The van der Waals surface area contributed by atoms with Gasteiger partial charge in [0.05, 0.1) is 18.2 Å². The molecular weight excluding hydrogens is 418 g/mol. The lowest BCUT2D eigenvalue weighted by molar-refractivity contribution is 0.0733. The Morgan fingerprint density at radius 1 is 1.03 bits per heavy atom.